The standard InChI is InChI=1S/C20H18F4N2/c1-26(13-16-6-2-5-15-9-10-25-19(15)16)11-3-4-14-7-8-17(18(21)12-14)20(22,23)24/h2-10,12,25H,11,13H2,1H3. The Morgan fingerprint density at radius 3 is 2.65 bits per heavy atom. The Hall–Kier alpha value is -2.60. The van der Waals surface area contributed by atoms with Gasteiger partial charge in [0.05, 0.1) is 5.56 Å². The van der Waals surface area contributed by atoms with Crippen LogP contribution in [0.15, 0.2) is 54.7 Å². The van der Waals surface area contributed by atoms with Crippen molar-refractivity contribution in [1.82, 2.24) is 9.88 Å². The van der Waals surface area contributed by atoms with Crippen molar-refractivity contribution < 1.29 is 17.6 Å². The molecule has 1 aromatic heterocycles. The molecule has 26 heavy (non-hydrogen) atoms. The second kappa shape index (κ2) is 7.33. The molecule has 0 radical (unpaired) electrons. The molecular weight excluding hydrogens is 344 g/mol. The summed E-state index contributed by atoms with van der Waals surface area (Å²) in [7, 11) is 1.94. The first-order chi connectivity index (χ1) is 12.3. The van der Waals surface area contributed by atoms with Gasteiger partial charge in [0.25, 0.3) is 0 Å². The number of rotatable bonds is 5. The van der Waals surface area contributed by atoms with Crippen molar-refractivity contribution >= 4 is 17.0 Å². The number of aromatic nitrogens is 1. The lowest BCUT2D eigenvalue weighted by Crippen LogP contribution is -2.17. The van der Waals surface area contributed by atoms with E-state index in [1.54, 1.807) is 12.2 Å². The van der Waals surface area contributed by atoms with Crippen LogP contribution in [0.3, 0.4) is 0 Å². The number of hydrogen-bond donors (Lipinski definition) is 1. The highest BCUT2D eigenvalue weighted by molar-refractivity contribution is 5.82. The van der Waals surface area contributed by atoms with Crippen molar-refractivity contribution in [3.63, 3.8) is 0 Å². The molecule has 3 rings (SSSR count). The van der Waals surface area contributed by atoms with Crippen LogP contribution in [-0.4, -0.2) is 23.5 Å². The van der Waals surface area contributed by atoms with Crippen LogP contribution in [0, 0.1) is 5.82 Å². The van der Waals surface area contributed by atoms with E-state index in [-0.39, 0.29) is 0 Å². The number of H-pyrrole nitrogens is 1. The maximum absolute atomic E-state index is 13.6. The number of fused-ring (bicyclic) bond motifs is 1. The van der Waals surface area contributed by atoms with Gasteiger partial charge in [-0.3, -0.25) is 4.90 Å². The van der Waals surface area contributed by atoms with Crippen LogP contribution >= 0.6 is 0 Å². The number of para-hydroxylation sites is 1. The van der Waals surface area contributed by atoms with Crippen molar-refractivity contribution in [1.29, 1.82) is 0 Å². The summed E-state index contributed by atoms with van der Waals surface area (Å²) < 4.78 is 51.3. The van der Waals surface area contributed by atoms with Gasteiger partial charge in [0.15, 0.2) is 0 Å². The molecule has 2 nitrogen and oxygen atoms in total. The van der Waals surface area contributed by atoms with Crippen LogP contribution in [0.4, 0.5) is 17.6 Å². The van der Waals surface area contributed by atoms with Crippen LogP contribution in [-0.2, 0) is 12.7 Å². The minimum atomic E-state index is -4.68. The third-order valence-corrected chi connectivity index (χ3v) is 4.14. The number of nitrogens with one attached hydrogen (secondary N) is 1. The van der Waals surface area contributed by atoms with Crippen LogP contribution in [0.5, 0.6) is 0 Å². The predicted octanol–water partition coefficient (Wildman–Crippen LogP) is 5.47. The largest absolute Gasteiger partial charge is 0.419 e. The van der Waals surface area contributed by atoms with Crippen molar-refractivity contribution in [2.45, 2.75) is 12.7 Å². The first kappa shape index (κ1) is 18.2. The zero-order valence-corrected chi connectivity index (χ0v) is 14.1. The Labute approximate surface area is 148 Å². The Morgan fingerprint density at radius 1 is 1.12 bits per heavy atom. The lowest BCUT2D eigenvalue weighted by Gasteiger charge is -2.15. The highest BCUT2D eigenvalue weighted by atomic mass is 19.4. The number of likely N-dealkylation sites (N-methyl/N-ethyl adjacent to an activating group) is 1. The molecule has 2 aromatic carbocycles. The van der Waals surface area contributed by atoms with Gasteiger partial charge in [-0.25, -0.2) is 4.39 Å². The molecule has 0 atom stereocenters. The fourth-order valence-electron chi connectivity index (χ4n) is 2.87. The maximum Gasteiger partial charge on any atom is 0.419 e. The molecule has 0 unspecified atom stereocenters. The third-order valence-electron chi connectivity index (χ3n) is 4.14. The number of aromatic amines is 1. The molecule has 0 saturated carbocycles. The van der Waals surface area contributed by atoms with Gasteiger partial charge in [-0.1, -0.05) is 36.4 Å². The van der Waals surface area contributed by atoms with Crippen LogP contribution in [0.25, 0.3) is 17.0 Å². The fourth-order valence-corrected chi connectivity index (χ4v) is 2.87. The van der Waals surface area contributed by atoms with E-state index in [1.165, 1.54) is 6.07 Å². The van der Waals surface area contributed by atoms with Gasteiger partial charge in [0, 0.05) is 24.8 Å². The molecule has 0 amide bonds. The van der Waals surface area contributed by atoms with Crippen LogP contribution < -0.4 is 0 Å². The van der Waals surface area contributed by atoms with Crippen molar-refractivity contribution in [2.24, 2.45) is 0 Å². The minimum Gasteiger partial charge on any atom is -0.361 e. The summed E-state index contributed by atoms with van der Waals surface area (Å²) in [6.45, 7) is 1.29. The number of nitrogens with zero attached hydrogens (tertiary/aromatic N) is 1. The van der Waals surface area contributed by atoms with E-state index in [1.807, 2.05) is 37.5 Å². The third kappa shape index (κ3) is 4.14. The van der Waals surface area contributed by atoms with Crippen LogP contribution in [0.1, 0.15) is 16.7 Å². The minimum absolute atomic E-state index is 0.398. The first-order valence-corrected chi connectivity index (χ1v) is 8.11. The second-order valence-electron chi connectivity index (χ2n) is 6.20. The molecule has 1 N–H and O–H groups in total. The van der Waals surface area contributed by atoms with Crippen molar-refractivity contribution in [3.8, 4) is 0 Å². The summed E-state index contributed by atoms with van der Waals surface area (Å²) in [5.41, 5.74) is 1.40. The van der Waals surface area contributed by atoms with E-state index in [0.29, 0.717) is 18.7 Å². The Kier molecular flexibility index (Phi) is 5.13. The molecule has 0 aliphatic rings. The van der Waals surface area contributed by atoms with Gasteiger partial charge in [-0.15, -0.1) is 0 Å². The molecular formula is C20H18F4N2. The molecule has 0 saturated heterocycles. The lowest BCUT2D eigenvalue weighted by molar-refractivity contribution is -0.140. The van der Waals surface area contributed by atoms with E-state index in [4.69, 9.17) is 0 Å². The summed E-state index contributed by atoms with van der Waals surface area (Å²) in [6, 6.07) is 11.0. The van der Waals surface area contributed by atoms with Crippen molar-refractivity contribution in [3.05, 3.63) is 77.2 Å². The summed E-state index contributed by atoms with van der Waals surface area (Å²) in [4.78, 5) is 5.28. The van der Waals surface area contributed by atoms with Gasteiger partial charge in [-0.2, -0.15) is 13.2 Å². The molecule has 0 bridgehead atoms. The highest BCUT2D eigenvalue weighted by Crippen LogP contribution is 2.31. The Balaban J connectivity index is 1.63. The summed E-state index contributed by atoms with van der Waals surface area (Å²) in [5.74, 6) is -1.26. The monoisotopic (exact) mass is 362 g/mol. The lowest BCUT2D eigenvalue weighted by atomic mass is 10.1. The summed E-state index contributed by atoms with van der Waals surface area (Å²) >= 11 is 0. The topological polar surface area (TPSA) is 19.0 Å². The number of benzene rings is 2. The van der Waals surface area contributed by atoms with Crippen molar-refractivity contribution in [2.75, 3.05) is 13.6 Å². The zero-order chi connectivity index (χ0) is 18.7. The predicted molar refractivity (Wildman–Crippen MR) is 95.1 cm³/mol. The van der Waals surface area contributed by atoms with Crippen LogP contribution in [0.2, 0.25) is 0 Å². The quantitative estimate of drug-likeness (QED) is 0.596. The summed E-state index contributed by atoms with van der Waals surface area (Å²) in [6.07, 6.45) is 0.643. The molecule has 1 heterocycles. The molecule has 136 valence electrons. The summed E-state index contributed by atoms with van der Waals surface area (Å²) in [5, 5.41) is 1.15. The molecule has 0 aliphatic carbocycles. The van der Waals surface area contributed by atoms with Gasteiger partial charge in [0.2, 0.25) is 0 Å². The zero-order valence-electron chi connectivity index (χ0n) is 14.1. The molecule has 0 aliphatic heterocycles. The van der Waals surface area contributed by atoms with Gasteiger partial charge >= 0.3 is 6.18 Å². The van der Waals surface area contributed by atoms with Gasteiger partial charge in [-0.05, 0) is 41.8 Å². The van der Waals surface area contributed by atoms with E-state index in [9.17, 15) is 17.6 Å². The van der Waals surface area contributed by atoms with E-state index < -0.39 is 17.6 Å². The van der Waals surface area contributed by atoms with E-state index in [2.05, 4.69) is 9.88 Å². The molecule has 3 aromatic rings. The highest BCUT2D eigenvalue weighted by Gasteiger charge is 2.33. The SMILES string of the molecule is CN(CC=Cc1ccc(C(F)(F)F)c(F)c1)Cc1cccc2cc[nH]c12. The molecule has 0 fully saturated rings. The van der Waals surface area contributed by atoms with Gasteiger partial charge < -0.3 is 4.98 Å². The average molecular weight is 362 g/mol. The average Bonchev–Trinajstić information content (AvgIpc) is 3.03. The van der Waals surface area contributed by atoms with E-state index in [0.717, 1.165) is 28.6 Å². The number of hydrogen-bond acceptors (Lipinski definition) is 1. The number of alkyl halides is 3. The Morgan fingerprint density at radius 2 is 1.92 bits per heavy atom. The second-order valence-corrected chi connectivity index (χ2v) is 6.20. The fraction of sp³-hybridized carbons (Fsp3) is 0.200. The smallest absolute Gasteiger partial charge is 0.361 e. The Bertz CT molecular complexity index is 925. The normalized spacial score (nSPS) is 12.5. The molecule has 6 heteroatoms. The first-order valence-electron chi connectivity index (χ1n) is 8.11. The van der Waals surface area contributed by atoms with Gasteiger partial charge in [0.1, 0.15) is 5.82 Å². The number of halogens is 4. The maximum atomic E-state index is 13.6. The van der Waals surface area contributed by atoms with E-state index >= 15 is 0 Å². The molecule has 0 spiro atoms.